The van der Waals surface area contributed by atoms with Crippen LogP contribution in [0.4, 0.5) is 13.2 Å². The Morgan fingerprint density at radius 1 is 1.57 bits per heavy atom. The number of nitrogens with one attached hydrogen (secondary N) is 1. The van der Waals surface area contributed by atoms with E-state index in [0.29, 0.717) is 6.10 Å². The molecule has 0 aliphatic carbocycles. The average molecular weight is 215 g/mol. The Bertz CT molecular complexity index is 178. The number of alkyl halides is 3. The predicted octanol–water partition coefficient (Wildman–Crippen LogP) is 0.628. The Balaban J connectivity index is 0.000000241. The van der Waals surface area contributed by atoms with Crippen LogP contribution < -0.4 is 5.32 Å². The molecule has 1 aliphatic rings. The minimum Gasteiger partial charge on any atom is -0.475 e. The van der Waals surface area contributed by atoms with Gasteiger partial charge in [-0.3, -0.25) is 0 Å². The van der Waals surface area contributed by atoms with Gasteiger partial charge in [-0.2, -0.15) is 13.2 Å². The Kier molecular flexibility index (Phi) is 5.47. The minimum atomic E-state index is -5.08. The Labute approximate surface area is 79.0 Å². The van der Waals surface area contributed by atoms with Crippen molar-refractivity contribution in [3.05, 3.63) is 0 Å². The smallest absolute Gasteiger partial charge is 0.475 e. The van der Waals surface area contributed by atoms with Gasteiger partial charge >= 0.3 is 12.1 Å². The number of methoxy groups -OCH3 is 1. The Morgan fingerprint density at radius 2 is 2.07 bits per heavy atom. The normalized spacial score (nSPS) is 21.3. The lowest BCUT2D eigenvalue weighted by Gasteiger charge is -2.01. The van der Waals surface area contributed by atoms with Crippen molar-refractivity contribution in [3.8, 4) is 0 Å². The van der Waals surface area contributed by atoms with E-state index in [-0.39, 0.29) is 0 Å². The number of ether oxygens (including phenoxy) is 1. The summed E-state index contributed by atoms with van der Waals surface area (Å²) in [6.07, 6.45) is -3.42. The molecule has 0 bridgehead atoms. The fraction of sp³-hybridized carbons (Fsp3) is 0.857. The summed E-state index contributed by atoms with van der Waals surface area (Å²) in [6.45, 7) is 2.16. The van der Waals surface area contributed by atoms with E-state index in [4.69, 9.17) is 14.6 Å². The van der Waals surface area contributed by atoms with Crippen molar-refractivity contribution in [2.24, 2.45) is 0 Å². The molecular weight excluding hydrogens is 203 g/mol. The summed E-state index contributed by atoms with van der Waals surface area (Å²) >= 11 is 0. The summed E-state index contributed by atoms with van der Waals surface area (Å²) in [5, 5.41) is 10.3. The first-order valence-electron chi connectivity index (χ1n) is 3.91. The van der Waals surface area contributed by atoms with E-state index < -0.39 is 12.1 Å². The maximum atomic E-state index is 10.6. The van der Waals surface area contributed by atoms with Crippen molar-refractivity contribution >= 4 is 5.97 Å². The van der Waals surface area contributed by atoms with Crippen molar-refractivity contribution in [1.82, 2.24) is 5.32 Å². The first-order valence-corrected chi connectivity index (χ1v) is 3.91. The molecule has 1 rings (SSSR count). The minimum absolute atomic E-state index is 0.486. The zero-order valence-electron chi connectivity index (χ0n) is 7.60. The van der Waals surface area contributed by atoms with E-state index in [9.17, 15) is 13.2 Å². The molecule has 1 aliphatic heterocycles. The van der Waals surface area contributed by atoms with Crippen LogP contribution in [0, 0.1) is 0 Å². The highest BCUT2D eigenvalue weighted by atomic mass is 19.4. The van der Waals surface area contributed by atoms with Crippen LogP contribution in [-0.4, -0.2) is 43.6 Å². The lowest BCUT2D eigenvalue weighted by molar-refractivity contribution is -0.192. The highest BCUT2D eigenvalue weighted by molar-refractivity contribution is 5.73. The Morgan fingerprint density at radius 3 is 2.21 bits per heavy atom. The maximum absolute atomic E-state index is 10.6. The SMILES string of the molecule is CO[C@H]1CCNC1.O=C(O)C(F)(F)F. The van der Waals surface area contributed by atoms with Crippen LogP contribution in [0.1, 0.15) is 6.42 Å². The molecule has 0 aromatic heterocycles. The lowest BCUT2D eigenvalue weighted by atomic mass is 10.3. The first-order chi connectivity index (χ1) is 6.38. The second-order valence-electron chi connectivity index (χ2n) is 2.65. The lowest BCUT2D eigenvalue weighted by Crippen LogP contribution is -2.21. The monoisotopic (exact) mass is 215 g/mol. The third-order valence-corrected chi connectivity index (χ3v) is 1.59. The first kappa shape index (κ1) is 13.2. The van der Waals surface area contributed by atoms with Gasteiger partial charge in [0.15, 0.2) is 0 Å². The van der Waals surface area contributed by atoms with Crippen molar-refractivity contribution in [3.63, 3.8) is 0 Å². The number of carboxylic acid groups (broad SMARTS) is 1. The topological polar surface area (TPSA) is 58.6 Å². The third-order valence-electron chi connectivity index (χ3n) is 1.59. The molecule has 7 heteroatoms. The van der Waals surface area contributed by atoms with Gasteiger partial charge in [0.1, 0.15) is 0 Å². The highest BCUT2D eigenvalue weighted by Crippen LogP contribution is 2.13. The van der Waals surface area contributed by atoms with Gasteiger partial charge in [0.25, 0.3) is 0 Å². The van der Waals surface area contributed by atoms with Crippen molar-refractivity contribution in [2.75, 3.05) is 20.2 Å². The standard InChI is InChI=1S/C5H11NO.C2HF3O2/c1-7-5-2-3-6-4-5;3-2(4,5)1(6)7/h5-6H,2-4H2,1H3;(H,6,7)/t5-;/m0./s1. The van der Waals surface area contributed by atoms with Crippen LogP contribution in [0.15, 0.2) is 0 Å². The quantitative estimate of drug-likeness (QED) is 0.673. The average Bonchev–Trinajstić information content (AvgIpc) is 2.54. The molecule has 14 heavy (non-hydrogen) atoms. The number of hydrogen-bond donors (Lipinski definition) is 2. The molecule has 0 aromatic carbocycles. The largest absolute Gasteiger partial charge is 0.490 e. The molecule has 0 unspecified atom stereocenters. The molecule has 0 spiro atoms. The van der Waals surface area contributed by atoms with Gasteiger partial charge < -0.3 is 15.2 Å². The summed E-state index contributed by atoms with van der Waals surface area (Å²) in [6, 6.07) is 0. The molecule has 2 N–H and O–H groups in total. The zero-order chi connectivity index (χ0) is 11.2. The molecule has 84 valence electrons. The van der Waals surface area contributed by atoms with E-state index in [1.165, 1.54) is 6.42 Å². The molecule has 0 aromatic rings. The summed E-state index contributed by atoms with van der Waals surface area (Å²) in [5.41, 5.74) is 0. The highest BCUT2D eigenvalue weighted by Gasteiger charge is 2.38. The zero-order valence-corrected chi connectivity index (χ0v) is 7.60. The van der Waals surface area contributed by atoms with Gasteiger partial charge in [-0.1, -0.05) is 0 Å². The molecule has 1 saturated heterocycles. The van der Waals surface area contributed by atoms with E-state index in [0.717, 1.165) is 13.1 Å². The van der Waals surface area contributed by atoms with E-state index >= 15 is 0 Å². The van der Waals surface area contributed by atoms with Crippen molar-refractivity contribution in [1.29, 1.82) is 0 Å². The number of rotatable bonds is 1. The second kappa shape index (κ2) is 5.82. The summed E-state index contributed by atoms with van der Waals surface area (Å²) in [4.78, 5) is 8.90. The van der Waals surface area contributed by atoms with Crippen molar-refractivity contribution in [2.45, 2.75) is 18.7 Å². The molecule has 0 saturated carbocycles. The number of halogens is 3. The van der Waals surface area contributed by atoms with Gasteiger partial charge in [-0.05, 0) is 13.0 Å². The van der Waals surface area contributed by atoms with Gasteiger partial charge in [0, 0.05) is 13.7 Å². The van der Waals surface area contributed by atoms with Crippen molar-refractivity contribution < 1.29 is 27.8 Å². The van der Waals surface area contributed by atoms with Crippen LogP contribution in [0.3, 0.4) is 0 Å². The third kappa shape index (κ3) is 5.76. The Hall–Kier alpha value is -0.820. The van der Waals surface area contributed by atoms with Gasteiger partial charge in [-0.15, -0.1) is 0 Å². The molecule has 1 fully saturated rings. The number of carbonyl (C=O) groups is 1. The van der Waals surface area contributed by atoms with Crippen LogP contribution in [0.25, 0.3) is 0 Å². The maximum Gasteiger partial charge on any atom is 0.490 e. The van der Waals surface area contributed by atoms with E-state index in [1.807, 2.05) is 0 Å². The van der Waals surface area contributed by atoms with Crippen LogP contribution in [-0.2, 0) is 9.53 Å². The summed E-state index contributed by atoms with van der Waals surface area (Å²) in [7, 11) is 1.76. The molecule has 1 heterocycles. The van der Waals surface area contributed by atoms with Gasteiger partial charge in [-0.25, -0.2) is 4.79 Å². The number of aliphatic carboxylic acids is 1. The fourth-order valence-electron chi connectivity index (χ4n) is 0.829. The summed E-state index contributed by atoms with van der Waals surface area (Å²) < 4.78 is 36.8. The van der Waals surface area contributed by atoms with Gasteiger partial charge in [0.2, 0.25) is 0 Å². The molecule has 1 atom stereocenters. The van der Waals surface area contributed by atoms with Gasteiger partial charge in [0.05, 0.1) is 6.10 Å². The molecule has 4 nitrogen and oxygen atoms in total. The molecular formula is C7H12F3NO3. The molecule has 0 radical (unpaired) electrons. The van der Waals surface area contributed by atoms with E-state index in [1.54, 1.807) is 7.11 Å². The van der Waals surface area contributed by atoms with Crippen LogP contribution in [0.2, 0.25) is 0 Å². The fourth-order valence-corrected chi connectivity index (χ4v) is 0.829. The van der Waals surface area contributed by atoms with E-state index in [2.05, 4.69) is 5.32 Å². The van der Waals surface area contributed by atoms with Crippen LogP contribution >= 0.6 is 0 Å². The second-order valence-corrected chi connectivity index (χ2v) is 2.65. The summed E-state index contributed by atoms with van der Waals surface area (Å²) in [5.74, 6) is -2.76. The number of hydrogen-bond acceptors (Lipinski definition) is 3. The molecule has 0 amide bonds. The van der Waals surface area contributed by atoms with Crippen LogP contribution in [0.5, 0.6) is 0 Å². The number of carboxylic acids is 1. The predicted molar refractivity (Wildman–Crippen MR) is 42.0 cm³/mol.